The number of benzene rings is 1. The molecule has 5 nitrogen and oxygen atoms in total. The highest BCUT2D eigenvalue weighted by molar-refractivity contribution is 6.32. The van der Waals surface area contributed by atoms with Gasteiger partial charge in [-0.1, -0.05) is 30.2 Å². The molecule has 0 unspecified atom stereocenters. The van der Waals surface area contributed by atoms with Gasteiger partial charge in [-0.25, -0.2) is 4.68 Å². The van der Waals surface area contributed by atoms with Crippen LogP contribution in [0.3, 0.4) is 0 Å². The summed E-state index contributed by atoms with van der Waals surface area (Å²) >= 11 is 6.14. The minimum Gasteiger partial charge on any atom is -0.495 e. The van der Waals surface area contributed by atoms with E-state index in [4.69, 9.17) is 22.1 Å². The summed E-state index contributed by atoms with van der Waals surface area (Å²) in [6.07, 6.45) is 1.88. The minimum atomic E-state index is 0.388. The molecule has 6 heteroatoms. The second-order valence-corrected chi connectivity index (χ2v) is 4.57. The summed E-state index contributed by atoms with van der Waals surface area (Å²) in [5.74, 6) is 0.640. The molecule has 0 aliphatic rings. The van der Waals surface area contributed by atoms with Crippen molar-refractivity contribution >= 4 is 11.6 Å². The lowest BCUT2D eigenvalue weighted by atomic mass is 10.2. The first-order chi connectivity index (χ1) is 9.21. The van der Waals surface area contributed by atoms with Crippen molar-refractivity contribution in [3.8, 4) is 11.4 Å². The molecule has 1 heterocycles. The summed E-state index contributed by atoms with van der Waals surface area (Å²) < 4.78 is 6.93. The van der Waals surface area contributed by atoms with Crippen molar-refractivity contribution in [3.05, 3.63) is 34.6 Å². The molecule has 0 fully saturated rings. The largest absolute Gasteiger partial charge is 0.495 e. The number of halogens is 1. The van der Waals surface area contributed by atoms with E-state index in [2.05, 4.69) is 17.2 Å². The molecule has 0 spiro atoms. The third kappa shape index (κ3) is 2.72. The zero-order chi connectivity index (χ0) is 13.8. The number of methoxy groups -OCH3 is 1. The maximum Gasteiger partial charge on any atom is 0.137 e. The molecule has 2 N–H and O–H groups in total. The Balaban J connectivity index is 2.46. The summed E-state index contributed by atoms with van der Waals surface area (Å²) in [7, 11) is 1.59. The van der Waals surface area contributed by atoms with Gasteiger partial charge in [0.1, 0.15) is 5.75 Å². The zero-order valence-electron chi connectivity index (χ0n) is 11.1. The molecule has 0 atom stereocenters. The number of nitrogens with two attached hydrogens (primary N) is 1. The van der Waals surface area contributed by atoms with E-state index in [9.17, 15) is 0 Å². The smallest absolute Gasteiger partial charge is 0.137 e. The monoisotopic (exact) mass is 280 g/mol. The van der Waals surface area contributed by atoms with Crippen LogP contribution in [0, 0.1) is 0 Å². The number of ether oxygens (including phenoxy) is 1. The van der Waals surface area contributed by atoms with Crippen LogP contribution in [0.25, 0.3) is 5.69 Å². The van der Waals surface area contributed by atoms with Crippen LogP contribution >= 0.6 is 11.6 Å². The molecule has 2 rings (SSSR count). The highest BCUT2D eigenvalue weighted by Crippen LogP contribution is 2.27. The second kappa shape index (κ2) is 6.04. The van der Waals surface area contributed by atoms with Gasteiger partial charge in [-0.3, -0.25) is 0 Å². The van der Waals surface area contributed by atoms with E-state index in [-0.39, 0.29) is 0 Å². The number of nitrogens with zero attached hydrogens (tertiary/aromatic N) is 3. The van der Waals surface area contributed by atoms with E-state index in [1.54, 1.807) is 11.8 Å². The lowest BCUT2D eigenvalue weighted by Gasteiger charge is -2.09. The van der Waals surface area contributed by atoms with Crippen LogP contribution in [0.15, 0.2) is 18.2 Å². The van der Waals surface area contributed by atoms with Gasteiger partial charge in [0.2, 0.25) is 0 Å². The molecule has 19 heavy (non-hydrogen) atoms. The molecule has 1 aromatic heterocycles. The van der Waals surface area contributed by atoms with E-state index >= 15 is 0 Å². The Morgan fingerprint density at radius 3 is 2.79 bits per heavy atom. The van der Waals surface area contributed by atoms with E-state index in [1.807, 2.05) is 18.2 Å². The van der Waals surface area contributed by atoms with Crippen LogP contribution in [0.4, 0.5) is 0 Å². The normalized spacial score (nSPS) is 10.7. The van der Waals surface area contributed by atoms with Crippen molar-refractivity contribution < 1.29 is 4.74 Å². The first-order valence-corrected chi connectivity index (χ1v) is 6.56. The number of aromatic nitrogens is 3. The highest BCUT2D eigenvalue weighted by Gasteiger charge is 2.13. The predicted octanol–water partition coefficient (Wildman–Crippen LogP) is 2.34. The van der Waals surface area contributed by atoms with Crippen LogP contribution in [0.2, 0.25) is 5.02 Å². The predicted molar refractivity (Wildman–Crippen MR) is 74.8 cm³/mol. The summed E-state index contributed by atoms with van der Waals surface area (Å²) in [6, 6.07) is 5.53. The van der Waals surface area contributed by atoms with Gasteiger partial charge in [0, 0.05) is 6.54 Å². The van der Waals surface area contributed by atoms with Gasteiger partial charge in [-0.05, 0) is 24.6 Å². The molecule has 2 aromatic rings. The Morgan fingerprint density at radius 2 is 2.21 bits per heavy atom. The van der Waals surface area contributed by atoms with Crippen LogP contribution in [-0.4, -0.2) is 22.1 Å². The first-order valence-electron chi connectivity index (χ1n) is 6.18. The van der Waals surface area contributed by atoms with Crippen molar-refractivity contribution in [3.63, 3.8) is 0 Å². The number of hydrogen-bond donors (Lipinski definition) is 1. The van der Waals surface area contributed by atoms with Gasteiger partial charge in [0.05, 0.1) is 29.2 Å². The summed E-state index contributed by atoms with van der Waals surface area (Å²) in [5, 5.41) is 8.82. The van der Waals surface area contributed by atoms with Crippen LogP contribution in [0.1, 0.15) is 24.7 Å². The SMILES string of the molecule is CCCc1c(CN)nnn1-c1ccc(OC)c(Cl)c1. The third-order valence-corrected chi connectivity index (χ3v) is 3.20. The fourth-order valence-corrected chi connectivity index (χ4v) is 2.22. The van der Waals surface area contributed by atoms with Gasteiger partial charge >= 0.3 is 0 Å². The Morgan fingerprint density at radius 1 is 1.42 bits per heavy atom. The number of hydrogen-bond acceptors (Lipinski definition) is 4. The Hall–Kier alpha value is -1.59. The van der Waals surface area contributed by atoms with Gasteiger partial charge in [-0.15, -0.1) is 5.10 Å². The van der Waals surface area contributed by atoms with E-state index < -0.39 is 0 Å². The Kier molecular flexibility index (Phi) is 4.39. The third-order valence-electron chi connectivity index (χ3n) is 2.90. The molecule has 0 aliphatic carbocycles. The topological polar surface area (TPSA) is 66.0 Å². The van der Waals surface area contributed by atoms with Gasteiger partial charge in [-0.2, -0.15) is 0 Å². The van der Waals surface area contributed by atoms with Gasteiger partial charge < -0.3 is 10.5 Å². The quantitative estimate of drug-likeness (QED) is 0.913. The van der Waals surface area contributed by atoms with E-state index in [0.717, 1.165) is 29.9 Å². The molecule has 0 radical (unpaired) electrons. The molecule has 0 aliphatic heterocycles. The van der Waals surface area contributed by atoms with Crippen molar-refractivity contribution in [1.29, 1.82) is 0 Å². The maximum absolute atomic E-state index is 6.14. The fraction of sp³-hybridized carbons (Fsp3) is 0.385. The Bertz CT molecular complexity index is 568. The van der Waals surface area contributed by atoms with Crippen LogP contribution in [0.5, 0.6) is 5.75 Å². The number of rotatable bonds is 5. The molecule has 0 saturated heterocycles. The fourth-order valence-electron chi connectivity index (χ4n) is 1.97. The first kappa shape index (κ1) is 13.8. The minimum absolute atomic E-state index is 0.388. The molecule has 1 aromatic carbocycles. The summed E-state index contributed by atoms with van der Waals surface area (Å²) in [5.41, 5.74) is 8.41. The average Bonchev–Trinajstić information content (AvgIpc) is 2.82. The van der Waals surface area contributed by atoms with Gasteiger partial charge in [0.25, 0.3) is 0 Å². The molecule has 0 amide bonds. The highest BCUT2D eigenvalue weighted by atomic mass is 35.5. The van der Waals surface area contributed by atoms with E-state index in [0.29, 0.717) is 17.3 Å². The maximum atomic E-state index is 6.14. The molecule has 0 bridgehead atoms. The van der Waals surface area contributed by atoms with Crippen molar-refractivity contribution in [1.82, 2.24) is 15.0 Å². The average molecular weight is 281 g/mol. The molecular weight excluding hydrogens is 264 g/mol. The standard InChI is InChI=1S/C13H17ClN4O/c1-3-4-12-11(8-15)16-17-18(12)9-5-6-13(19-2)10(14)7-9/h5-7H,3-4,8,15H2,1-2H3. The molecular formula is C13H17ClN4O. The molecule has 102 valence electrons. The van der Waals surface area contributed by atoms with E-state index in [1.165, 1.54) is 0 Å². The summed E-state index contributed by atoms with van der Waals surface area (Å²) in [6.45, 7) is 2.50. The van der Waals surface area contributed by atoms with Crippen molar-refractivity contribution in [2.45, 2.75) is 26.3 Å². The zero-order valence-corrected chi connectivity index (χ0v) is 11.8. The van der Waals surface area contributed by atoms with Crippen LogP contribution < -0.4 is 10.5 Å². The second-order valence-electron chi connectivity index (χ2n) is 4.17. The Labute approximate surface area is 117 Å². The lowest BCUT2D eigenvalue weighted by Crippen LogP contribution is -2.06. The van der Waals surface area contributed by atoms with Gasteiger partial charge in [0.15, 0.2) is 0 Å². The lowest BCUT2D eigenvalue weighted by molar-refractivity contribution is 0.415. The summed E-state index contributed by atoms with van der Waals surface area (Å²) in [4.78, 5) is 0. The molecule has 0 saturated carbocycles. The van der Waals surface area contributed by atoms with Crippen LogP contribution in [-0.2, 0) is 13.0 Å². The van der Waals surface area contributed by atoms with Crippen molar-refractivity contribution in [2.75, 3.05) is 7.11 Å². The van der Waals surface area contributed by atoms with Crippen molar-refractivity contribution in [2.24, 2.45) is 5.73 Å².